The largest absolute Gasteiger partial charge is 0.411 e. The number of benzene rings is 1. The molecule has 0 saturated carbocycles. The van der Waals surface area contributed by atoms with Crippen LogP contribution in [0.5, 0.6) is 0 Å². The molecule has 19 heavy (non-hydrogen) atoms. The first-order valence-electron chi connectivity index (χ1n) is 5.77. The molecule has 2 rings (SSSR count). The Kier molecular flexibility index (Phi) is 3.58. The topological polar surface area (TPSA) is 18.5 Å². The molecule has 6 heteroatoms. The molecule has 2 nitrogen and oxygen atoms in total. The molecule has 1 aromatic rings. The summed E-state index contributed by atoms with van der Waals surface area (Å²) in [5, 5.41) is 0.506. The van der Waals surface area contributed by atoms with Crippen molar-refractivity contribution < 1.29 is 22.6 Å². The Hall–Kier alpha value is -0.780. The molecule has 0 spiro atoms. The van der Waals surface area contributed by atoms with Crippen molar-refractivity contribution in [3.8, 4) is 0 Å². The van der Waals surface area contributed by atoms with E-state index in [0.29, 0.717) is 17.2 Å². The van der Waals surface area contributed by atoms with Crippen LogP contribution >= 0.6 is 11.6 Å². The van der Waals surface area contributed by atoms with Crippen LogP contribution in [0.2, 0.25) is 5.02 Å². The number of ether oxygens (including phenoxy) is 2. The van der Waals surface area contributed by atoms with Crippen molar-refractivity contribution >= 4 is 11.6 Å². The van der Waals surface area contributed by atoms with Gasteiger partial charge in [-0.3, -0.25) is 0 Å². The van der Waals surface area contributed by atoms with Crippen molar-refractivity contribution in [2.45, 2.75) is 25.8 Å². The summed E-state index contributed by atoms with van der Waals surface area (Å²) in [5.41, 5.74) is 0.00362. The Morgan fingerprint density at radius 2 is 1.84 bits per heavy atom. The van der Waals surface area contributed by atoms with Gasteiger partial charge in [-0.15, -0.1) is 0 Å². The zero-order valence-electron chi connectivity index (χ0n) is 10.6. The van der Waals surface area contributed by atoms with Crippen molar-refractivity contribution in [2.75, 3.05) is 13.2 Å². The average molecular weight is 295 g/mol. The number of hydrogen-bond donors (Lipinski definition) is 0. The highest BCUT2D eigenvalue weighted by Gasteiger charge is 2.58. The van der Waals surface area contributed by atoms with E-state index in [2.05, 4.69) is 0 Å². The molecule has 1 fully saturated rings. The summed E-state index contributed by atoms with van der Waals surface area (Å²) >= 11 is 5.78. The smallest absolute Gasteiger partial charge is 0.345 e. The third-order valence-electron chi connectivity index (χ3n) is 3.19. The van der Waals surface area contributed by atoms with Gasteiger partial charge in [0.2, 0.25) is 5.79 Å². The molecular formula is C13H14ClF3O2. The first-order valence-corrected chi connectivity index (χ1v) is 6.15. The quantitative estimate of drug-likeness (QED) is 0.834. The second-order valence-corrected chi connectivity index (χ2v) is 5.64. The van der Waals surface area contributed by atoms with Crippen LogP contribution in [0.1, 0.15) is 19.4 Å². The lowest BCUT2D eigenvalue weighted by molar-refractivity contribution is -0.409. The van der Waals surface area contributed by atoms with E-state index in [4.69, 9.17) is 21.1 Å². The highest BCUT2D eigenvalue weighted by molar-refractivity contribution is 6.30. The number of alkyl halides is 3. The van der Waals surface area contributed by atoms with E-state index >= 15 is 0 Å². The van der Waals surface area contributed by atoms with Crippen LogP contribution < -0.4 is 0 Å². The number of halogens is 4. The van der Waals surface area contributed by atoms with E-state index in [-0.39, 0.29) is 0 Å². The van der Waals surface area contributed by atoms with Crippen molar-refractivity contribution in [3.05, 3.63) is 34.9 Å². The highest BCUT2D eigenvalue weighted by Crippen LogP contribution is 2.53. The van der Waals surface area contributed by atoms with Gasteiger partial charge in [-0.1, -0.05) is 37.6 Å². The molecule has 1 aromatic carbocycles. The molecule has 1 aliphatic rings. The van der Waals surface area contributed by atoms with Crippen LogP contribution in [-0.4, -0.2) is 19.4 Å². The van der Waals surface area contributed by atoms with Gasteiger partial charge < -0.3 is 9.47 Å². The second-order valence-electron chi connectivity index (χ2n) is 5.20. The van der Waals surface area contributed by atoms with Gasteiger partial charge in [0.25, 0.3) is 0 Å². The molecule has 0 aromatic heterocycles. The SMILES string of the molecule is CC1(C)COC1(OCC(F)(F)F)c1ccc(Cl)cc1. The summed E-state index contributed by atoms with van der Waals surface area (Å²) < 4.78 is 47.6. The Labute approximate surface area is 114 Å². The molecule has 0 N–H and O–H groups in total. The Morgan fingerprint density at radius 1 is 1.26 bits per heavy atom. The predicted octanol–water partition coefficient (Wildman–Crippen LogP) is 4.13. The van der Waals surface area contributed by atoms with Crippen LogP contribution in [0, 0.1) is 5.41 Å². The van der Waals surface area contributed by atoms with E-state index in [9.17, 15) is 13.2 Å². The first-order chi connectivity index (χ1) is 8.66. The zero-order valence-corrected chi connectivity index (χ0v) is 11.3. The Morgan fingerprint density at radius 3 is 2.21 bits per heavy atom. The first kappa shape index (κ1) is 14.6. The van der Waals surface area contributed by atoms with Gasteiger partial charge in [0.05, 0.1) is 6.61 Å². The van der Waals surface area contributed by atoms with Crippen LogP contribution in [-0.2, 0) is 15.3 Å². The van der Waals surface area contributed by atoms with Crippen LogP contribution in [0.15, 0.2) is 24.3 Å². The Balaban J connectivity index is 2.29. The zero-order chi connectivity index (χ0) is 14.3. The maximum Gasteiger partial charge on any atom is 0.411 e. The third kappa shape index (κ3) is 2.73. The van der Waals surface area contributed by atoms with Crippen molar-refractivity contribution in [1.82, 2.24) is 0 Å². The van der Waals surface area contributed by atoms with E-state index < -0.39 is 24.0 Å². The summed E-state index contributed by atoms with van der Waals surface area (Å²) in [4.78, 5) is 0. The lowest BCUT2D eigenvalue weighted by Gasteiger charge is -2.54. The molecule has 1 atom stereocenters. The standard InChI is InChI=1S/C13H14ClF3O2/c1-11(2)7-18-13(11,19-8-12(15,16)17)9-3-5-10(14)6-4-9/h3-6H,7-8H2,1-2H3. The maximum atomic E-state index is 12.4. The van der Waals surface area contributed by atoms with Crippen LogP contribution in [0.4, 0.5) is 13.2 Å². The van der Waals surface area contributed by atoms with Crippen molar-refractivity contribution in [2.24, 2.45) is 5.41 Å². The molecule has 0 amide bonds. The van der Waals surface area contributed by atoms with Crippen LogP contribution in [0.25, 0.3) is 0 Å². The minimum Gasteiger partial charge on any atom is -0.345 e. The fourth-order valence-electron chi connectivity index (χ4n) is 2.14. The van der Waals surface area contributed by atoms with Gasteiger partial charge >= 0.3 is 6.18 Å². The van der Waals surface area contributed by atoms with Gasteiger partial charge in [0, 0.05) is 16.0 Å². The summed E-state index contributed by atoms with van der Waals surface area (Å²) in [6.45, 7) is 2.61. The molecule has 0 radical (unpaired) electrons. The van der Waals surface area contributed by atoms with E-state index in [1.54, 1.807) is 24.3 Å². The van der Waals surface area contributed by atoms with E-state index in [1.165, 1.54) is 0 Å². The third-order valence-corrected chi connectivity index (χ3v) is 3.44. The normalized spacial score (nSPS) is 26.0. The average Bonchev–Trinajstić information content (AvgIpc) is 2.29. The van der Waals surface area contributed by atoms with E-state index in [1.807, 2.05) is 13.8 Å². The lowest BCUT2D eigenvalue weighted by atomic mass is 9.75. The number of hydrogen-bond acceptors (Lipinski definition) is 2. The van der Waals surface area contributed by atoms with Crippen molar-refractivity contribution in [3.63, 3.8) is 0 Å². The van der Waals surface area contributed by atoms with Gasteiger partial charge in [-0.25, -0.2) is 0 Å². The minimum atomic E-state index is -4.39. The summed E-state index contributed by atoms with van der Waals surface area (Å²) in [6.07, 6.45) is -4.39. The summed E-state index contributed by atoms with van der Waals surface area (Å²) in [6, 6.07) is 6.46. The molecule has 0 aliphatic carbocycles. The maximum absolute atomic E-state index is 12.4. The second kappa shape index (κ2) is 4.65. The highest BCUT2D eigenvalue weighted by atomic mass is 35.5. The van der Waals surface area contributed by atoms with Gasteiger partial charge in [-0.2, -0.15) is 13.2 Å². The molecule has 1 saturated heterocycles. The van der Waals surface area contributed by atoms with Gasteiger partial charge in [0.15, 0.2) is 0 Å². The molecular weight excluding hydrogens is 281 g/mol. The molecule has 1 heterocycles. The molecule has 1 unspecified atom stereocenters. The fraction of sp³-hybridized carbons (Fsp3) is 0.538. The minimum absolute atomic E-state index is 0.341. The molecule has 0 bridgehead atoms. The van der Waals surface area contributed by atoms with E-state index in [0.717, 1.165) is 0 Å². The fourth-order valence-corrected chi connectivity index (χ4v) is 2.27. The predicted molar refractivity (Wildman–Crippen MR) is 64.9 cm³/mol. The van der Waals surface area contributed by atoms with Gasteiger partial charge in [-0.05, 0) is 12.1 Å². The molecule has 106 valence electrons. The lowest BCUT2D eigenvalue weighted by Crippen LogP contribution is -2.59. The Bertz CT molecular complexity index is 456. The summed E-state index contributed by atoms with van der Waals surface area (Å²) in [5.74, 6) is -1.37. The molecule has 1 aliphatic heterocycles. The van der Waals surface area contributed by atoms with Crippen LogP contribution in [0.3, 0.4) is 0 Å². The monoisotopic (exact) mass is 294 g/mol. The van der Waals surface area contributed by atoms with Crippen molar-refractivity contribution in [1.29, 1.82) is 0 Å². The summed E-state index contributed by atoms with van der Waals surface area (Å²) in [7, 11) is 0. The number of rotatable bonds is 3. The van der Waals surface area contributed by atoms with Gasteiger partial charge in [0.1, 0.15) is 6.61 Å².